The van der Waals surface area contributed by atoms with Gasteiger partial charge in [-0.15, -0.1) is 0 Å². The normalized spacial score (nSPS) is 6.56. The van der Waals surface area contributed by atoms with Crippen LogP contribution in [0.15, 0.2) is 0 Å². The molecule has 0 radical (unpaired) electrons. The summed E-state index contributed by atoms with van der Waals surface area (Å²) < 4.78 is 0. The van der Waals surface area contributed by atoms with E-state index >= 15 is 0 Å². The van der Waals surface area contributed by atoms with Gasteiger partial charge in [-0.2, -0.15) is 11.8 Å². The van der Waals surface area contributed by atoms with Crippen LogP contribution in [0.5, 0.6) is 0 Å². The van der Waals surface area contributed by atoms with Crippen LogP contribution in [0.2, 0.25) is 0 Å². The minimum Gasteiger partial charge on any atom is -0.850 e. The maximum absolute atomic E-state index is 9.29. The van der Waals surface area contributed by atoms with Gasteiger partial charge in [0.05, 0.1) is 0 Å². The van der Waals surface area contributed by atoms with Crippen molar-refractivity contribution >= 4 is 29.7 Å². The summed E-state index contributed by atoms with van der Waals surface area (Å²) in [7, 11) is 0. The fourth-order valence-corrected chi connectivity index (χ4v) is 0. The molecule has 0 saturated heterocycles. The van der Waals surface area contributed by atoms with Crippen LogP contribution in [0.3, 0.4) is 0 Å². The van der Waals surface area contributed by atoms with Crippen molar-refractivity contribution in [3.63, 3.8) is 0 Å². The molecule has 9 heavy (non-hydrogen) atoms. The van der Waals surface area contributed by atoms with Crippen LogP contribution >= 0.6 is 5.69 Å². The van der Waals surface area contributed by atoms with Crippen LogP contribution < -0.4 is 98.5 Å². The van der Waals surface area contributed by atoms with Gasteiger partial charge in [0.15, 0.2) is 0 Å². The zero-order valence-corrected chi connectivity index (χ0v) is 14.1. The van der Waals surface area contributed by atoms with Crippen molar-refractivity contribution in [3.05, 3.63) is 0 Å². The van der Waals surface area contributed by atoms with Crippen molar-refractivity contribution < 1.29 is 104 Å². The predicted molar refractivity (Wildman–Crippen MR) is 25.3 cm³/mol. The second-order valence-corrected chi connectivity index (χ2v) is 4.92. The maximum Gasteiger partial charge on any atom is 1.00 e. The summed E-state index contributed by atoms with van der Waals surface area (Å²) in [4.78, 5) is 18.6. The monoisotopic (exact) mass is 214 g/mol. The molecule has 0 spiro atoms. The van der Waals surface area contributed by atoms with E-state index in [4.69, 9.17) is 0 Å². The summed E-state index contributed by atoms with van der Waals surface area (Å²) >= 11 is 7.28. The Hall–Kier alpha value is 3.88. The molecule has 0 saturated carbocycles. The van der Waals surface area contributed by atoms with E-state index in [1.165, 1.54) is 0 Å². The Morgan fingerprint density at radius 2 is 1.11 bits per heavy atom. The maximum atomic E-state index is 9.29. The topological polar surface area (TPSA) is 77.6 Å². The summed E-state index contributed by atoms with van der Waals surface area (Å²) in [5.74, 6) is 0. The summed E-state index contributed by atoms with van der Waals surface area (Å²) in [6, 6.07) is 0. The van der Waals surface area contributed by atoms with Crippen molar-refractivity contribution in [2.45, 2.75) is 0 Å². The van der Waals surface area contributed by atoms with Gasteiger partial charge in [-0.05, 0) is 0 Å². The average molecular weight is 214 g/mol. The zero-order valence-electron chi connectivity index (χ0n) is 5.58. The summed E-state index contributed by atoms with van der Waals surface area (Å²) in [5, 5.41) is 0. The molecule has 0 rings (SSSR count). The van der Waals surface area contributed by atoms with Crippen LogP contribution in [0.25, 0.3) is 0 Å². The van der Waals surface area contributed by atoms with Gasteiger partial charge in [-0.3, -0.25) is 0 Å². The van der Waals surface area contributed by atoms with E-state index in [9.17, 15) is 9.79 Å². The molecule has 0 amide bonds. The minimum atomic E-state index is -3.72. The molecule has 0 aliphatic heterocycles. The molecule has 2 N–H and O–H groups in total. The number of hydrogen-bond acceptors (Lipinski definition) is 4. The molecule has 0 unspecified atom stereocenters. The minimum absolute atomic E-state index is 0. The van der Waals surface area contributed by atoms with Gasteiger partial charge in [-0.1, -0.05) is 0 Å². The molecule has 9 heteroatoms. The molecule has 0 aromatic heterocycles. The van der Waals surface area contributed by atoms with Crippen LogP contribution in [0.4, 0.5) is 0 Å². The smallest absolute Gasteiger partial charge is 0.850 e. The quantitative estimate of drug-likeness (QED) is 0.228. The average Bonchev–Trinajstić information content (AvgIpc) is 0.722. The van der Waals surface area contributed by atoms with Gasteiger partial charge < -0.3 is 33.2 Å². The van der Waals surface area contributed by atoms with E-state index in [-0.39, 0.29) is 94.1 Å². The second kappa shape index (κ2) is 14.4. The molecular formula is H2Na3O3PS2. The van der Waals surface area contributed by atoms with Gasteiger partial charge >= 0.3 is 88.7 Å². The summed E-state index contributed by atoms with van der Waals surface area (Å²) in [6.07, 6.45) is 0. The van der Waals surface area contributed by atoms with E-state index < -0.39 is 5.69 Å². The Kier molecular flexibility index (Phi) is 46.9. The van der Waals surface area contributed by atoms with Crippen molar-refractivity contribution in [1.82, 2.24) is 0 Å². The van der Waals surface area contributed by atoms with Gasteiger partial charge in [0.1, 0.15) is 0 Å². The van der Waals surface area contributed by atoms with Crippen LogP contribution in [-0.4, -0.2) is 5.48 Å². The molecule has 0 heterocycles. The first-order chi connectivity index (χ1) is 2.00. The fraction of sp³-hybridized carbons (Fsp3) is 0. The molecule has 0 bridgehead atoms. The molecule has 0 fully saturated rings. The fourth-order valence-electron chi connectivity index (χ4n) is 0. The van der Waals surface area contributed by atoms with Gasteiger partial charge in [-0.25, -0.2) is 0 Å². The molecular weight excluding hydrogens is 212 g/mol. The summed E-state index contributed by atoms with van der Waals surface area (Å²) in [5.41, 5.74) is -3.72. The molecule has 0 aliphatic carbocycles. The van der Waals surface area contributed by atoms with E-state index in [1.54, 1.807) is 0 Å². The molecule has 0 aromatic rings. The Bertz CT molecular complexity index is 63.2. The van der Waals surface area contributed by atoms with Crippen molar-refractivity contribution in [1.29, 1.82) is 0 Å². The third kappa shape index (κ3) is 77.0. The van der Waals surface area contributed by atoms with Crippen LogP contribution in [0.1, 0.15) is 0 Å². The molecule has 0 aromatic carbocycles. The van der Waals surface area contributed by atoms with Gasteiger partial charge in [0.2, 0.25) is 0 Å². The Morgan fingerprint density at radius 1 is 1.11 bits per heavy atom. The van der Waals surface area contributed by atoms with Gasteiger partial charge in [0, 0.05) is 0 Å². The Morgan fingerprint density at radius 3 is 1.11 bits per heavy atom. The van der Waals surface area contributed by atoms with E-state index in [1.807, 2.05) is 0 Å². The van der Waals surface area contributed by atoms with E-state index in [0.29, 0.717) is 0 Å². The number of rotatable bonds is 0. The third-order valence-corrected chi connectivity index (χ3v) is 0. The van der Waals surface area contributed by atoms with E-state index in [0.717, 1.165) is 0 Å². The first-order valence-electron chi connectivity index (χ1n) is 0.730. The number of hydrogen-bond donors (Lipinski definition) is 0. The second-order valence-electron chi connectivity index (χ2n) is 0.447. The van der Waals surface area contributed by atoms with Gasteiger partial charge in [0.25, 0.3) is 0 Å². The van der Waals surface area contributed by atoms with E-state index in [2.05, 4.69) is 24.1 Å². The zero-order chi connectivity index (χ0) is 4.50. The predicted octanol–water partition coefficient (Wildman–Crippen LogP) is -11.3. The first-order valence-corrected chi connectivity index (χ1v) is 4.38. The van der Waals surface area contributed by atoms with Crippen molar-refractivity contribution in [3.8, 4) is 0 Å². The largest absolute Gasteiger partial charge is 1.00 e. The molecule has 3 nitrogen and oxygen atoms in total. The molecule has 40 valence electrons. The summed E-state index contributed by atoms with van der Waals surface area (Å²) in [6.45, 7) is 0. The Balaban J connectivity index is -0.0000000133. The van der Waals surface area contributed by atoms with Crippen molar-refractivity contribution in [2.24, 2.45) is 0 Å². The van der Waals surface area contributed by atoms with Crippen molar-refractivity contribution in [2.75, 3.05) is 0 Å². The SMILES string of the molecule is O.[Na+].[Na+].[Na+].[O-]P([O-])(=S)[S-]. The first kappa shape index (κ1) is 29.3. The van der Waals surface area contributed by atoms with Crippen LogP contribution in [-0.2, 0) is 24.1 Å². The standard InChI is InChI=1S/3Na.H3O2PS2.H2O/c;;;1-3(2,4)5;/h;;;(H3,1,2,4,5);1H2/q3*+1;;/p-3. The third-order valence-electron chi connectivity index (χ3n) is 0. The van der Waals surface area contributed by atoms with Crippen LogP contribution in [0, 0.1) is 0 Å². The molecule has 0 atom stereocenters. The molecule has 0 aliphatic rings. The Labute approximate surface area is 131 Å².